The van der Waals surface area contributed by atoms with Gasteiger partial charge in [-0.2, -0.15) is 0 Å². The Kier molecular flexibility index (Phi) is 48.1. The second-order valence-corrected chi connectivity index (χ2v) is 20.7. The Bertz CT molecular complexity index is 1590. The minimum absolute atomic E-state index is 0.0491. The number of allylic oxidation sites excluding steroid dienone is 21. The smallest absolute Gasteiger partial charge is 0.387 e. The number of aliphatic hydroxyl groups excluding tert-OH is 1. The van der Waals surface area contributed by atoms with Crippen LogP contribution in [0, 0.1) is 0 Å². The number of carbonyl (C=O) groups is 1. The average Bonchev–Trinajstić information content (AvgIpc) is 3.32. The number of nitrogens with zero attached hydrogens (tertiary/aromatic N) is 1. The summed E-state index contributed by atoms with van der Waals surface area (Å²) in [4.78, 5) is 23.1. The summed E-state index contributed by atoms with van der Waals surface area (Å²) in [6.45, 7) is 4.59. The van der Waals surface area contributed by atoms with Crippen LogP contribution in [-0.2, 0) is 18.4 Å². The lowest BCUT2D eigenvalue weighted by Gasteiger charge is -2.25. The van der Waals surface area contributed by atoms with E-state index in [-0.39, 0.29) is 19.1 Å². The van der Waals surface area contributed by atoms with Crippen molar-refractivity contribution in [3.63, 3.8) is 0 Å². The van der Waals surface area contributed by atoms with Crippen LogP contribution in [0.25, 0.3) is 0 Å². The van der Waals surface area contributed by atoms with Crippen molar-refractivity contribution in [3.05, 3.63) is 134 Å². The molecule has 0 radical (unpaired) electrons. The number of aliphatic hydroxyl groups is 1. The van der Waals surface area contributed by atoms with Gasteiger partial charge in [-0.15, -0.1) is 0 Å². The van der Waals surface area contributed by atoms with Crippen LogP contribution in [0.4, 0.5) is 0 Å². The zero-order valence-corrected chi connectivity index (χ0v) is 46.1. The maximum absolute atomic E-state index is 12.9. The Morgan fingerprint density at radius 2 is 0.871 bits per heavy atom. The lowest BCUT2D eigenvalue weighted by molar-refractivity contribution is -0.870. The predicted molar refractivity (Wildman–Crippen MR) is 304 cm³/mol. The van der Waals surface area contributed by atoms with Crippen LogP contribution in [0.1, 0.15) is 194 Å². The zero-order valence-electron chi connectivity index (χ0n) is 45.2. The van der Waals surface area contributed by atoms with E-state index in [1.165, 1.54) is 70.6 Å². The van der Waals surface area contributed by atoms with Crippen LogP contribution in [0.3, 0.4) is 0 Å². The first-order chi connectivity index (χ1) is 34.0. The van der Waals surface area contributed by atoms with Gasteiger partial charge in [0, 0.05) is 6.42 Å². The highest BCUT2D eigenvalue weighted by molar-refractivity contribution is 7.47. The summed E-state index contributed by atoms with van der Waals surface area (Å²) in [5.74, 6) is -0.200. The number of amides is 1. The van der Waals surface area contributed by atoms with Crippen LogP contribution in [0.2, 0.25) is 0 Å². The highest BCUT2D eigenvalue weighted by Crippen LogP contribution is 2.43. The molecule has 8 nitrogen and oxygen atoms in total. The third-order valence-electron chi connectivity index (χ3n) is 11.4. The summed E-state index contributed by atoms with van der Waals surface area (Å²) < 4.78 is 23.5. The van der Waals surface area contributed by atoms with Gasteiger partial charge in [0.1, 0.15) is 13.2 Å². The molecule has 398 valence electrons. The molecule has 0 saturated heterocycles. The highest BCUT2D eigenvalue weighted by Gasteiger charge is 2.27. The van der Waals surface area contributed by atoms with Gasteiger partial charge in [0.2, 0.25) is 5.91 Å². The molecular weight excluding hydrogens is 888 g/mol. The Hall–Kier alpha value is -3.36. The van der Waals surface area contributed by atoms with Crippen LogP contribution < -0.4 is 5.32 Å². The molecule has 0 aromatic rings. The fourth-order valence-electron chi connectivity index (χ4n) is 7.05. The Morgan fingerprint density at radius 3 is 1.31 bits per heavy atom. The first kappa shape index (κ1) is 66.6. The van der Waals surface area contributed by atoms with Gasteiger partial charge >= 0.3 is 7.82 Å². The second-order valence-electron chi connectivity index (χ2n) is 19.2. The minimum atomic E-state index is -4.35. The van der Waals surface area contributed by atoms with E-state index < -0.39 is 20.0 Å². The molecule has 3 unspecified atom stereocenters. The molecule has 3 atom stereocenters. The Morgan fingerprint density at radius 1 is 0.500 bits per heavy atom. The monoisotopic (exact) mass is 992 g/mol. The van der Waals surface area contributed by atoms with E-state index in [0.29, 0.717) is 17.4 Å². The highest BCUT2D eigenvalue weighted by atomic mass is 31.2. The normalized spacial score (nSPS) is 15.0. The standard InChI is InChI=1S/C61H103N2O6P/c1-6-8-10-12-14-16-17-18-19-20-21-22-23-24-25-26-27-28-29-30-31-32-33-34-35-36-37-38-39-40-41-42-43-44-45-47-49-51-53-55-61(65)62-59(58-69-70(66,67)68-57-56-63(3,4)5)60(64)54-52-50-48-46-15-13-11-9-7-2/h8,10,14-16,18-19,21-22,24-25,27-28,30-31,33-34,36-37,46,52,54,59-60,64H,6-7,9,11-13,17,20,23,26,29,32,35,38-45,47-51,53,55-58H2,1-5H3,(H-,62,65,66,67)/p+1/b10-8-,16-14-,19-18-,22-21-,25-24-,28-27-,31-30-,34-33-,37-36-,46-15+,54-52+. The third kappa shape index (κ3) is 52.5. The number of rotatable bonds is 48. The molecule has 0 aliphatic rings. The first-order valence-corrected chi connectivity index (χ1v) is 29.1. The molecule has 0 aliphatic heterocycles. The van der Waals surface area contributed by atoms with Gasteiger partial charge in [-0.25, -0.2) is 4.57 Å². The fourth-order valence-corrected chi connectivity index (χ4v) is 7.78. The summed E-state index contributed by atoms with van der Waals surface area (Å²) in [5.41, 5.74) is 0. The molecule has 0 aromatic carbocycles. The average molecular weight is 992 g/mol. The lowest BCUT2D eigenvalue weighted by atomic mass is 10.0. The summed E-state index contributed by atoms with van der Waals surface area (Å²) >= 11 is 0. The number of nitrogens with one attached hydrogen (secondary N) is 1. The van der Waals surface area contributed by atoms with Crippen molar-refractivity contribution in [1.82, 2.24) is 5.32 Å². The Balaban J connectivity index is 4.03. The predicted octanol–water partition coefficient (Wildman–Crippen LogP) is 16.8. The molecule has 0 bridgehead atoms. The molecule has 0 saturated carbocycles. The summed E-state index contributed by atoms with van der Waals surface area (Å²) in [7, 11) is 1.53. The largest absolute Gasteiger partial charge is 0.472 e. The van der Waals surface area contributed by atoms with E-state index in [1.54, 1.807) is 6.08 Å². The number of unbranched alkanes of at least 4 members (excludes halogenated alkanes) is 15. The van der Waals surface area contributed by atoms with Gasteiger partial charge in [0.15, 0.2) is 0 Å². The maximum Gasteiger partial charge on any atom is 0.472 e. The van der Waals surface area contributed by atoms with Crippen LogP contribution in [0.5, 0.6) is 0 Å². The van der Waals surface area contributed by atoms with Crippen LogP contribution >= 0.6 is 7.82 Å². The zero-order chi connectivity index (χ0) is 51.3. The molecule has 0 spiro atoms. The van der Waals surface area contributed by atoms with Crippen LogP contribution in [-0.4, -0.2) is 73.4 Å². The van der Waals surface area contributed by atoms with Crippen molar-refractivity contribution in [2.24, 2.45) is 0 Å². The minimum Gasteiger partial charge on any atom is -0.387 e. The molecule has 0 heterocycles. The van der Waals surface area contributed by atoms with Crippen molar-refractivity contribution < 1.29 is 32.9 Å². The molecule has 0 aromatic heterocycles. The third-order valence-corrected chi connectivity index (χ3v) is 12.3. The number of hydrogen-bond acceptors (Lipinski definition) is 5. The number of hydrogen-bond donors (Lipinski definition) is 3. The van der Waals surface area contributed by atoms with Gasteiger partial charge in [0.25, 0.3) is 0 Å². The van der Waals surface area contributed by atoms with Crippen molar-refractivity contribution >= 4 is 13.7 Å². The molecule has 0 aliphatic carbocycles. The topological polar surface area (TPSA) is 105 Å². The molecule has 3 N–H and O–H groups in total. The summed E-state index contributed by atoms with van der Waals surface area (Å²) in [6.07, 6.45) is 77.2. The summed E-state index contributed by atoms with van der Waals surface area (Å²) in [6, 6.07) is -0.871. The SMILES string of the molecule is CC/C=C\C/C=C\C/C=C\C/C=C\C/C=C\C/C=C\C/C=C\C/C=C\C/C=C\CCCCCCCCCCCCCC(=O)NC(COP(=O)(O)OCC[N+](C)(C)C)C(O)/C=C/CC/C=C/CCCCC. The van der Waals surface area contributed by atoms with Crippen molar-refractivity contribution in [1.29, 1.82) is 0 Å². The fraction of sp³-hybridized carbons (Fsp3) is 0.623. The number of likely N-dealkylation sites (N-methyl/N-ethyl adjacent to an activating group) is 1. The van der Waals surface area contributed by atoms with E-state index >= 15 is 0 Å². The van der Waals surface area contributed by atoms with E-state index in [0.717, 1.165) is 103 Å². The van der Waals surface area contributed by atoms with Gasteiger partial charge in [0.05, 0.1) is 39.9 Å². The van der Waals surface area contributed by atoms with Gasteiger partial charge in [-0.3, -0.25) is 13.8 Å². The van der Waals surface area contributed by atoms with Gasteiger partial charge in [-0.1, -0.05) is 218 Å². The molecule has 70 heavy (non-hydrogen) atoms. The van der Waals surface area contributed by atoms with Gasteiger partial charge < -0.3 is 19.8 Å². The number of phosphoric ester groups is 1. The lowest BCUT2D eigenvalue weighted by Crippen LogP contribution is -2.45. The molecule has 0 rings (SSSR count). The maximum atomic E-state index is 12.9. The first-order valence-electron chi connectivity index (χ1n) is 27.6. The van der Waals surface area contributed by atoms with Crippen molar-refractivity contribution in [3.8, 4) is 0 Å². The van der Waals surface area contributed by atoms with Gasteiger partial charge in [-0.05, 0) is 103 Å². The van der Waals surface area contributed by atoms with E-state index in [9.17, 15) is 19.4 Å². The second kappa shape index (κ2) is 50.6. The number of quaternary nitrogens is 1. The van der Waals surface area contributed by atoms with E-state index in [2.05, 4.69) is 141 Å². The molecule has 1 amide bonds. The van der Waals surface area contributed by atoms with Crippen molar-refractivity contribution in [2.75, 3.05) is 40.9 Å². The van der Waals surface area contributed by atoms with Crippen molar-refractivity contribution in [2.45, 2.75) is 206 Å². The number of phosphoric acid groups is 1. The number of carbonyl (C=O) groups excluding carboxylic acids is 1. The van der Waals surface area contributed by atoms with E-state index in [4.69, 9.17) is 9.05 Å². The summed E-state index contributed by atoms with van der Waals surface area (Å²) in [5, 5.41) is 13.8. The Labute approximate surface area is 430 Å². The van der Waals surface area contributed by atoms with Crippen LogP contribution in [0.15, 0.2) is 134 Å². The molecule has 9 heteroatoms. The molecular formula is C61H104N2O6P+. The quantitative estimate of drug-likeness (QED) is 0.0243. The van der Waals surface area contributed by atoms with E-state index in [1.807, 2.05) is 27.2 Å². The molecule has 0 fully saturated rings.